The molecular formula is C13H17ClO3S. The Balaban J connectivity index is 2.38. The zero-order valence-electron chi connectivity index (χ0n) is 10.4. The summed E-state index contributed by atoms with van der Waals surface area (Å²) >= 11 is 7.41. The van der Waals surface area contributed by atoms with Crippen LogP contribution in [0.1, 0.15) is 24.2 Å². The number of hydrogen-bond acceptors (Lipinski definition) is 4. The summed E-state index contributed by atoms with van der Waals surface area (Å²) in [4.78, 5) is 11.0. The molecule has 1 N–H and O–H groups in total. The molecule has 0 aliphatic rings. The van der Waals surface area contributed by atoms with Crippen molar-refractivity contribution in [3.8, 4) is 0 Å². The number of hydrogen-bond donors (Lipinski definition) is 1. The molecule has 0 aliphatic carbocycles. The van der Waals surface area contributed by atoms with Crippen LogP contribution in [-0.2, 0) is 9.53 Å². The first kappa shape index (κ1) is 15.3. The van der Waals surface area contributed by atoms with Gasteiger partial charge in [-0.05, 0) is 24.6 Å². The van der Waals surface area contributed by atoms with Gasteiger partial charge < -0.3 is 9.84 Å². The van der Waals surface area contributed by atoms with E-state index in [1.54, 1.807) is 11.8 Å². The average molecular weight is 289 g/mol. The Morgan fingerprint density at radius 2 is 2.06 bits per heavy atom. The first-order valence-corrected chi connectivity index (χ1v) is 7.07. The lowest BCUT2D eigenvalue weighted by molar-refractivity contribution is -0.142. The molecule has 0 amide bonds. The van der Waals surface area contributed by atoms with Crippen LogP contribution in [0.4, 0.5) is 0 Å². The second-order valence-corrected chi connectivity index (χ2v) is 5.77. The Morgan fingerprint density at radius 3 is 2.61 bits per heavy atom. The van der Waals surface area contributed by atoms with Gasteiger partial charge in [0, 0.05) is 16.0 Å². The molecule has 0 saturated carbocycles. The average Bonchev–Trinajstić information content (AvgIpc) is 2.36. The van der Waals surface area contributed by atoms with Gasteiger partial charge in [-0.15, -0.1) is 0 Å². The number of benzene rings is 1. The van der Waals surface area contributed by atoms with Gasteiger partial charge in [0.15, 0.2) is 0 Å². The fourth-order valence-electron chi connectivity index (χ4n) is 1.42. The molecule has 0 aromatic heterocycles. The van der Waals surface area contributed by atoms with Crippen molar-refractivity contribution in [1.82, 2.24) is 0 Å². The van der Waals surface area contributed by atoms with E-state index in [0.717, 1.165) is 5.56 Å². The van der Waals surface area contributed by atoms with E-state index in [1.807, 2.05) is 24.3 Å². The van der Waals surface area contributed by atoms with Crippen molar-refractivity contribution in [3.63, 3.8) is 0 Å². The lowest BCUT2D eigenvalue weighted by atomic mass is 10.2. The fraction of sp³-hybridized carbons (Fsp3) is 0.462. The normalized spacial score (nSPS) is 14.0. The molecule has 0 spiro atoms. The lowest BCUT2D eigenvalue weighted by Crippen LogP contribution is -2.17. The van der Waals surface area contributed by atoms with Crippen LogP contribution >= 0.6 is 23.4 Å². The maximum Gasteiger partial charge on any atom is 0.308 e. The van der Waals surface area contributed by atoms with Gasteiger partial charge in [0.05, 0.1) is 19.6 Å². The van der Waals surface area contributed by atoms with Crippen LogP contribution in [0.2, 0.25) is 5.02 Å². The number of halogens is 1. The molecule has 18 heavy (non-hydrogen) atoms. The summed E-state index contributed by atoms with van der Waals surface area (Å²) in [6.45, 7) is 2.05. The quantitative estimate of drug-likeness (QED) is 0.817. The third-order valence-corrected chi connectivity index (χ3v) is 4.11. The number of carbonyl (C=O) groups excluding carboxylic acids is 1. The number of aliphatic hydroxyl groups excluding tert-OH is 1. The van der Waals surface area contributed by atoms with E-state index < -0.39 is 6.10 Å². The standard InChI is InChI=1S/C13H17ClO3S/c1-9(10-3-5-11(14)6-4-10)18-8-12(15)7-13(16)17-2/h3-6,9,12,15H,7-8H2,1-2H3/t9?,12-/m1/s1. The fourth-order valence-corrected chi connectivity index (χ4v) is 2.52. The molecule has 1 rings (SSSR count). The minimum Gasteiger partial charge on any atom is -0.469 e. The molecule has 1 unspecified atom stereocenters. The van der Waals surface area contributed by atoms with Crippen molar-refractivity contribution < 1.29 is 14.6 Å². The van der Waals surface area contributed by atoms with Gasteiger partial charge in [0.2, 0.25) is 0 Å². The molecule has 2 atom stereocenters. The van der Waals surface area contributed by atoms with Crippen LogP contribution < -0.4 is 0 Å². The van der Waals surface area contributed by atoms with E-state index in [1.165, 1.54) is 7.11 Å². The summed E-state index contributed by atoms with van der Waals surface area (Å²) in [6.07, 6.45) is -0.631. The van der Waals surface area contributed by atoms with Crippen LogP contribution in [-0.4, -0.2) is 30.0 Å². The number of ether oxygens (including phenoxy) is 1. The number of carbonyl (C=O) groups is 1. The molecule has 5 heteroatoms. The summed E-state index contributed by atoms with van der Waals surface area (Å²) in [7, 11) is 1.32. The largest absolute Gasteiger partial charge is 0.469 e. The molecule has 0 saturated heterocycles. The van der Waals surface area contributed by atoms with Gasteiger partial charge in [-0.25, -0.2) is 0 Å². The number of thioether (sulfide) groups is 1. The van der Waals surface area contributed by atoms with Crippen molar-refractivity contribution in [3.05, 3.63) is 34.9 Å². The van der Waals surface area contributed by atoms with Crippen molar-refractivity contribution in [2.45, 2.75) is 24.7 Å². The van der Waals surface area contributed by atoms with E-state index in [4.69, 9.17) is 11.6 Å². The Hall–Kier alpha value is -0.710. The van der Waals surface area contributed by atoms with Gasteiger partial charge in [-0.3, -0.25) is 4.79 Å². The SMILES string of the molecule is COC(=O)C[C@@H](O)CSC(C)c1ccc(Cl)cc1. The van der Waals surface area contributed by atoms with Gasteiger partial charge in [0.25, 0.3) is 0 Å². The van der Waals surface area contributed by atoms with Crippen molar-refractivity contribution in [2.24, 2.45) is 0 Å². The molecule has 1 aromatic carbocycles. The maximum atomic E-state index is 11.0. The number of esters is 1. The minimum atomic E-state index is -0.669. The Bertz CT molecular complexity index is 380. The smallest absolute Gasteiger partial charge is 0.308 e. The lowest BCUT2D eigenvalue weighted by Gasteiger charge is -2.14. The molecule has 100 valence electrons. The van der Waals surface area contributed by atoms with Crippen molar-refractivity contribution in [2.75, 3.05) is 12.9 Å². The predicted octanol–water partition coefficient (Wildman–Crippen LogP) is 3.06. The summed E-state index contributed by atoms with van der Waals surface area (Å²) in [5, 5.41) is 10.6. The second kappa shape index (κ2) is 7.67. The van der Waals surface area contributed by atoms with Crippen LogP contribution in [0.25, 0.3) is 0 Å². The van der Waals surface area contributed by atoms with Gasteiger partial charge in [-0.2, -0.15) is 11.8 Å². The third kappa shape index (κ3) is 5.29. The summed E-state index contributed by atoms with van der Waals surface area (Å²) in [5.41, 5.74) is 1.15. The molecule has 0 heterocycles. The van der Waals surface area contributed by atoms with Crippen LogP contribution in [0, 0.1) is 0 Å². The third-order valence-electron chi connectivity index (χ3n) is 2.51. The maximum absolute atomic E-state index is 11.0. The first-order chi connectivity index (χ1) is 8.52. The minimum absolute atomic E-state index is 0.0385. The summed E-state index contributed by atoms with van der Waals surface area (Å²) < 4.78 is 4.50. The summed E-state index contributed by atoms with van der Waals surface area (Å²) in [6, 6.07) is 7.62. The van der Waals surface area contributed by atoms with Crippen LogP contribution in [0.15, 0.2) is 24.3 Å². The van der Waals surface area contributed by atoms with E-state index in [-0.39, 0.29) is 17.6 Å². The van der Waals surface area contributed by atoms with Gasteiger partial charge in [-0.1, -0.05) is 23.7 Å². The zero-order valence-corrected chi connectivity index (χ0v) is 12.0. The number of rotatable bonds is 6. The Kier molecular flexibility index (Phi) is 6.54. The number of aliphatic hydroxyl groups is 1. The molecule has 0 fully saturated rings. The zero-order chi connectivity index (χ0) is 13.5. The monoisotopic (exact) mass is 288 g/mol. The topological polar surface area (TPSA) is 46.5 Å². The van der Waals surface area contributed by atoms with E-state index in [2.05, 4.69) is 11.7 Å². The second-order valence-electron chi connectivity index (χ2n) is 3.96. The molecule has 0 aliphatic heterocycles. The first-order valence-electron chi connectivity index (χ1n) is 5.65. The summed E-state index contributed by atoms with van der Waals surface area (Å²) in [5.74, 6) is 0.112. The van der Waals surface area contributed by atoms with Crippen molar-refractivity contribution >= 4 is 29.3 Å². The molecule has 1 aromatic rings. The molecule has 3 nitrogen and oxygen atoms in total. The van der Waals surface area contributed by atoms with E-state index >= 15 is 0 Å². The van der Waals surface area contributed by atoms with Crippen LogP contribution in [0.5, 0.6) is 0 Å². The van der Waals surface area contributed by atoms with Gasteiger partial charge >= 0.3 is 5.97 Å². The molecule has 0 radical (unpaired) electrons. The van der Waals surface area contributed by atoms with E-state index in [9.17, 15) is 9.90 Å². The highest BCUT2D eigenvalue weighted by atomic mass is 35.5. The van der Waals surface area contributed by atoms with Crippen LogP contribution in [0.3, 0.4) is 0 Å². The molecule has 0 bridgehead atoms. The van der Waals surface area contributed by atoms with E-state index in [0.29, 0.717) is 10.8 Å². The highest BCUT2D eigenvalue weighted by Crippen LogP contribution is 2.29. The van der Waals surface area contributed by atoms with Gasteiger partial charge in [0.1, 0.15) is 0 Å². The Morgan fingerprint density at radius 1 is 1.44 bits per heavy atom. The highest BCUT2D eigenvalue weighted by molar-refractivity contribution is 7.99. The Labute approximate surface area is 116 Å². The number of methoxy groups -OCH3 is 1. The van der Waals surface area contributed by atoms with Crippen molar-refractivity contribution in [1.29, 1.82) is 0 Å². The predicted molar refractivity (Wildman–Crippen MR) is 75.0 cm³/mol. The highest BCUT2D eigenvalue weighted by Gasteiger charge is 2.13. The molecular weight excluding hydrogens is 272 g/mol.